The minimum atomic E-state index is -0.167. The maximum absolute atomic E-state index is 13.1. The molecule has 1 amide bonds. The van der Waals surface area contributed by atoms with Gasteiger partial charge in [-0.05, 0) is 42.6 Å². The van der Waals surface area contributed by atoms with Gasteiger partial charge in [0.05, 0.1) is 29.4 Å². The van der Waals surface area contributed by atoms with Gasteiger partial charge in [0, 0.05) is 27.7 Å². The van der Waals surface area contributed by atoms with Gasteiger partial charge in [-0.15, -0.1) is 11.3 Å². The van der Waals surface area contributed by atoms with E-state index < -0.39 is 0 Å². The molecular weight excluding hydrogens is 370 g/mol. The molecule has 0 aliphatic heterocycles. The van der Waals surface area contributed by atoms with Crippen molar-refractivity contribution in [3.05, 3.63) is 76.4 Å². The van der Waals surface area contributed by atoms with Crippen LogP contribution in [0.25, 0.3) is 21.9 Å². The Morgan fingerprint density at radius 1 is 1.21 bits per heavy atom. The molecule has 0 aliphatic carbocycles. The smallest absolute Gasteiger partial charge is 0.256 e. The lowest BCUT2D eigenvalue weighted by Crippen LogP contribution is -2.13. The third kappa shape index (κ3) is 2.86. The Morgan fingerprint density at radius 3 is 3.00 bits per heavy atom. The first-order valence-electron chi connectivity index (χ1n) is 8.92. The predicted octanol–water partition coefficient (Wildman–Crippen LogP) is 4.58. The van der Waals surface area contributed by atoms with Gasteiger partial charge < -0.3 is 10.3 Å². The summed E-state index contributed by atoms with van der Waals surface area (Å²) in [6.45, 7) is 2.53. The molecule has 0 saturated heterocycles. The molecule has 0 unspecified atom stereocenters. The van der Waals surface area contributed by atoms with Gasteiger partial charge in [0.15, 0.2) is 5.65 Å². The number of rotatable bonds is 4. The standard InChI is InChI=1S/C21H17N5OS/c1-13-10-16(21(27)25-19-6-2-5-18-15(19)7-8-22-18)17-11-23-26(20(17)24-13)12-14-4-3-9-28-14/h2-11,22H,12H2,1H3,(H,25,27). The van der Waals surface area contributed by atoms with E-state index in [1.165, 1.54) is 4.88 Å². The zero-order valence-corrected chi connectivity index (χ0v) is 16.0. The Kier molecular flexibility index (Phi) is 3.95. The monoisotopic (exact) mass is 387 g/mol. The number of nitrogens with zero attached hydrogens (tertiary/aromatic N) is 3. The van der Waals surface area contributed by atoms with Gasteiger partial charge in [-0.3, -0.25) is 4.79 Å². The third-order valence-electron chi connectivity index (χ3n) is 4.71. The van der Waals surface area contributed by atoms with Crippen molar-refractivity contribution in [1.82, 2.24) is 19.7 Å². The number of hydrogen-bond donors (Lipinski definition) is 2. The van der Waals surface area contributed by atoms with Gasteiger partial charge in [-0.2, -0.15) is 5.10 Å². The molecule has 4 aromatic heterocycles. The maximum atomic E-state index is 13.1. The maximum Gasteiger partial charge on any atom is 0.256 e. The second kappa shape index (κ2) is 6.61. The first-order valence-corrected chi connectivity index (χ1v) is 9.80. The number of anilines is 1. The van der Waals surface area contributed by atoms with Crippen LogP contribution in [0.1, 0.15) is 20.9 Å². The van der Waals surface area contributed by atoms with E-state index in [9.17, 15) is 4.79 Å². The van der Waals surface area contributed by atoms with E-state index in [0.29, 0.717) is 12.1 Å². The van der Waals surface area contributed by atoms with Crippen molar-refractivity contribution < 1.29 is 4.79 Å². The highest BCUT2D eigenvalue weighted by Gasteiger charge is 2.17. The second-order valence-electron chi connectivity index (χ2n) is 6.63. The van der Waals surface area contributed by atoms with E-state index in [1.807, 2.05) is 59.6 Å². The summed E-state index contributed by atoms with van der Waals surface area (Å²) in [5, 5.41) is 11.3. The zero-order chi connectivity index (χ0) is 19.1. The number of aromatic amines is 1. The number of nitrogens with one attached hydrogen (secondary N) is 2. The summed E-state index contributed by atoms with van der Waals surface area (Å²) < 4.78 is 1.85. The van der Waals surface area contributed by atoms with Crippen molar-refractivity contribution in [3.63, 3.8) is 0 Å². The lowest BCUT2D eigenvalue weighted by atomic mass is 10.1. The molecule has 5 aromatic rings. The van der Waals surface area contributed by atoms with Crippen molar-refractivity contribution in [1.29, 1.82) is 0 Å². The molecule has 0 fully saturated rings. The molecule has 1 aromatic carbocycles. The highest BCUT2D eigenvalue weighted by atomic mass is 32.1. The SMILES string of the molecule is Cc1cc(C(=O)Nc2cccc3[nH]ccc23)c2cnn(Cc3cccs3)c2n1. The molecule has 7 heteroatoms. The summed E-state index contributed by atoms with van der Waals surface area (Å²) in [7, 11) is 0. The van der Waals surface area contributed by atoms with Crippen LogP contribution in [0.15, 0.2) is 60.2 Å². The normalized spacial score (nSPS) is 11.3. The fourth-order valence-corrected chi connectivity index (χ4v) is 4.10. The number of amides is 1. The molecule has 6 nitrogen and oxygen atoms in total. The summed E-state index contributed by atoms with van der Waals surface area (Å²) in [5.41, 5.74) is 3.84. The number of hydrogen-bond acceptors (Lipinski definition) is 4. The Hall–Kier alpha value is -3.45. The van der Waals surface area contributed by atoms with E-state index in [2.05, 4.69) is 26.4 Å². The number of H-pyrrole nitrogens is 1. The number of aryl methyl sites for hydroxylation is 1. The number of fused-ring (bicyclic) bond motifs is 2. The van der Waals surface area contributed by atoms with E-state index in [1.54, 1.807) is 17.5 Å². The Labute approximate surface area is 164 Å². The van der Waals surface area contributed by atoms with E-state index >= 15 is 0 Å². The second-order valence-corrected chi connectivity index (χ2v) is 7.66. The van der Waals surface area contributed by atoms with Crippen molar-refractivity contribution in [2.45, 2.75) is 13.5 Å². The molecule has 0 radical (unpaired) electrons. The van der Waals surface area contributed by atoms with Gasteiger partial charge in [-0.25, -0.2) is 9.67 Å². The first kappa shape index (κ1) is 16.7. The van der Waals surface area contributed by atoms with Crippen LogP contribution in [0.4, 0.5) is 5.69 Å². The molecule has 28 heavy (non-hydrogen) atoms. The minimum absolute atomic E-state index is 0.167. The number of pyridine rings is 1. The molecule has 138 valence electrons. The molecule has 0 aliphatic rings. The number of carbonyl (C=O) groups is 1. The molecule has 0 spiro atoms. The van der Waals surface area contributed by atoms with Gasteiger partial charge in [0.25, 0.3) is 5.91 Å². The fraction of sp³-hybridized carbons (Fsp3) is 0.0952. The number of thiophene rings is 1. The molecule has 0 bridgehead atoms. The first-order chi connectivity index (χ1) is 13.7. The number of carbonyl (C=O) groups excluding carboxylic acids is 1. The predicted molar refractivity (Wildman–Crippen MR) is 112 cm³/mol. The van der Waals surface area contributed by atoms with Gasteiger partial charge >= 0.3 is 0 Å². The summed E-state index contributed by atoms with van der Waals surface area (Å²) in [6, 6.07) is 13.7. The van der Waals surface area contributed by atoms with Crippen LogP contribution in [0, 0.1) is 6.92 Å². The molecular formula is C21H17N5OS. The zero-order valence-electron chi connectivity index (χ0n) is 15.1. The summed E-state index contributed by atoms with van der Waals surface area (Å²) >= 11 is 1.68. The molecule has 4 heterocycles. The number of aromatic nitrogens is 4. The topological polar surface area (TPSA) is 75.6 Å². The Bertz CT molecular complexity index is 1300. The van der Waals surface area contributed by atoms with Crippen LogP contribution < -0.4 is 5.32 Å². The van der Waals surface area contributed by atoms with Crippen LogP contribution in [-0.4, -0.2) is 25.7 Å². The lowest BCUT2D eigenvalue weighted by molar-refractivity contribution is 0.102. The van der Waals surface area contributed by atoms with Gasteiger partial charge in [0.1, 0.15) is 0 Å². The highest BCUT2D eigenvalue weighted by molar-refractivity contribution is 7.09. The average Bonchev–Trinajstić information content (AvgIpc) is 3.43. The molecule has 0 atom stereocenters. The highest BCUT2D eigenvalue weighted by Crippen LogP contribution is 2.25. The quantitative estimate of drug-likeness (QED) is 0.474. The molecule has 5 rings (SSSR count). The Balaban J connectivity index is 1.54. The van der Waals surface area contributed by atoms with Crippen molar-refractivity contribution >= 4 is 44.9 Å². The lowest BCUT2D eigenvalue weighted by Gasteiger charge is -2.09. The van der Waals surface area contributed by atoms with Crippen molar-refractivity contribution in [3.8, 4) is 0 Å². The largest absolute Gasteiger partial charge is 0.361 e. The van der Waals surface area contributed by atoms with Crippen LogP contribution >= 0.6 is 11.3 Å². The number of benzene rings is 1. The van der Waals surface area contributed by atoms with Crippen LogP contribution in [0.3, 0.4) is 0 Å². The van der Waals surface area contributed by atoms with Crippen LogP contribution in [-0.2, 0) is 6.54 Å². The summed E-state index contributed by atoms with van der Waals surface area (Å²) in [4.78, 5) is 22.1. The van der Waals surface area contributed by atoms with E-state index in [0.717, 1.165) is 33.3 Å². The van der Waals surface area contributed by atoms with Crippen molar-refractivity contribution in [2.24, 2.45) is 0 Å². The fourth-order valence-electron chi connectivity index (χ4n) is 3.41. The molecule has 0 saturated carbocycles. The van der Waals surface area contributed by atoms with Gasteiger partial charge in [-0.1, -0.05) is 12.1 Å². The minimum Gasteiger partial charge on any atom is -0.361 e. The van der Waals surface area contributed by atoms with Crippen LogP contribution in [0.2, 0.25) is 0 Å². The van der Waals surface area contributed by atoms with Crippen LogP contribution in [0.5, 0.6) is 0 Å². The average molecular weight is 387 g/mol. The van der Waals surface area contributed by atoms with Gasteiger partial charge in [0.2, 0.25) is 0 Å². The van der Waals surface area contributed by atoms with E-state index in [-0.39, 0.29) is 5.91 Å². The summed E-state index contributed by atoms with van der Waals surface area (Å²) in [6.07, 6.45) is 3.59. The van der Waals surface area contributed by atoms with Crippen molar-refractivity contribution in [2.75, 3.05) is 5.32 Å². The third-order valence-corrected chi connectivity index (χ3v) is 5.57. The summed E-state index contributed by atoms with van der Waals surface area (Å²) in [5.74, 6) is -0.167. The Morgan fingerprint density at radius 2 is 2.14 bits per heavy atom. The van der Waals surface area contributed by atoms with E-state index in [4.69, 9.17) is 0 Å². The molecule has 2 N–H and O–H groups in total.